The van der Waals surface area contributed by atoms with E-state index in [0.717, 1.165) is 6.54 Å². The molecule has 0 bridgehead atoms. The first kappa shape index (κ1) is 13.9. The van der Waals surface area contributed by atoms with E-state index >= 15 is 0 Å². The second kappa shape index (κ2) is 5.75. The van der Waals surface area contributed by atoms with E-state index in [-0.39, 0.29) is 30.3 Å². The Balaban J connectivity index is 1.77. The van der Waals surface area contributed by atoms with Gasteiger partial charge in [0.15, 0.2) is 5.78 Å². The third-order valence-electron chi connectivity index (χ3n) is 3.84. The van der Waals surface area contributed by atoms with E-state index < -0.39 is 6.10 Å². The molecule has 6 nitrogen and oxygen atoms in total. The lowest BCUT2D eigenvalue weighted by Gasteiger charge is -2.14. The van der Waals surface area contributed by atoms with Crippen LogP contribution >= 0.6 is 0 Å². The van der Waals surface area contributed by atoms with E-state index in [0.29, 0.717) is 17.3 Å². The lowest BCUT2D eigenvalue weighted by atomic mass is 10.1. The Bertz CT molecular complexity index is 725. The summed E-state index contributed by atoms with van der Waals surface area (Å²) in [6.45, 7) is 0.707. The van der Waals surface area contributed by atoms with Gasteiger partial charge in [0, 0.05) is 12.5 Å². The number of aliphatic hydroxyl groups excluding tert-OH is 1. The molecule has 1 aromatic heterocycles. The van der Waals surface area contributed by atoms with Crippen LogP contribution in [-0.4, -0.2) is 39.1 Å². The molecule has 110 valence electrons. The summed E-state index contributed by atoms with van der Waals surface area (Å²) < 4.78 is 1.33. The Labute approximate surface area is 121 Å². The van der Waals surface area contributed by atoms with Crippen LogP contribution in [0.2, 0.25) is 0 Å². The Morgan fingerprint density at radius 3 is 3.00 bits per heavy atom. The van der Waals surface area contributed by atoms with Crippen LogP contribution in [0.15, 0.2) is 35.4 Å². The topological polar surface area (TPSA) is 84.2 Å². The van der Waals surface area contributed by atoms with Crippen molar-refractivity contribution in [2.75, 3.05) is 6.54 Å². The lowest BCUT2D eigenvalue weighted by molar-refractivity contribution is -0.120. The highest BCUT2D eigenvalue weighted by Crippen LogP contribution is 2.11. The minimum Gasteiger partial charge on any atom is -0.391 e. The Morgan fingerprint density at radius 2 is 2.24 bits per heavy atom. The van der Waals surface area contributed by atoms with Gasteiger partial charge in [0.1, 0.15) is 0 Å². The zero-order valence-corrected chi connectivity index (χ0v) is 11.5. The number of aliphatic hydroxyl groups is 1. The van der Waals surface area contributed by atoms with E-state index in [4.69, 9.17) is 0 Å². The van der Waals surface area contributed by atoms with Gasteiger partial charge in [-0.15, -0.1) is 0 Å². The van der Waals surface area contributed by atoms with Crippen molar-refractivity contribution in [1.29, 1.82) is 0 Å². The van der Waals surface area contributed by atoms with Gasteiger partial charge in [0.05, 0.1) is 29.9 Å². The average Bonchev–Trinajstić information content (AvgIpc) is 2.87. The highest BCUT2D eigenvalue weighted by atomic mass is 16.3. The lowest BCUT2D eigenvalue weighted by Crippen LogP contribution is -2.34. The molecule has 2 N–H and O–H groups in total. The number of para-hydroxylation sites is 1. The number of hydrogen-bond donors (Lipinski definition) is 2. The molecule has 1 saturated heterocycles. The second-order valence-electron chi connectivity index (χ2n) is 5.35. The molecule has 0 spiro atoms. The first-order chi connectivity index (χ1) is 10.1. The van der Waals surface area contributed by atoms with E-state index in [1.165, 1.54) is 10.9 Å². The summed E-state index contributed by atoms with van der Waals surface area (Å²) in [6, 6.07) is 6.85. The predicted octanol–water partition coefficient (Wildman–Crippen LogP) is 0.0785. The van der Waals surface area contributed by atoms with Gasteiger partial charge in [-0.05, 0) is 25.1 Å². The molecule has 2 heterocycles. The van der Waals surface area contributed by atoms with E-state index in [1.54, 1.807) is 18.2 Å². The van der Waals surface area contributed by atoms with Crippen LogP contribution in [0.4, 0.5) is 0 Å². The number of hydrogen-bond acceptors (Lipinski definition) is 5. The van der Waals surface area contributed by atoms with Crippen molar-refractivity contribution in [3.63, 3.8) is 0 Å². The maximum absolute atomic E-state index is 12.3. The number of ketones is 1. The van der Waals surface area contributed by atoms with E-state index in [9.17, 15) is 14.7 Å². The van der Waals surface area contributed by atoms with Gasteiger partial charge >= 0.3 is 0 Å². The Kier molecular flexibility index (Phi) is 3.81. The minimum atomic E-state index is -0.486. The molecule has 2 atom stereocenters. The third kappa shape index (κ3) is 2.86. The molecule has 2 aromatic rings. The second-order valence-corrected chi connectivity index (χ2v) is 5.35. The molecule has 0 amide bonds. The van der Waals surface area contributed by atoms with Crippen LogP contribution in [0.25, 0.3) is 10.9 Å². The van der Waals surface area contributed by atoms with Gasteiger partial charge in [-0.2, -0.15) is 0 Å². The van der Waals surface area contributed by atoms with Crippen LogP contribution in [0.5, 0.6) is 0 Å². The fraction of sp³-hybridized carbons (Fsp3) is 0.400. The first-order valence-corrected chi connectivity index (χ1v) is 7.02. The van der Waals surface area contributed by atoms with Crippen molar-refractivity contribution < 1.29 is 9.90 Å². The molecule has 0 aliphatic carbocycles. The van der Waals surface area contributed by atoms with Crippen LogP contribution in [0.3, 0.4) is 0 Å². The number of aromatic nitrogens is 2. The highest BCUT2D eigenvalue weighted by Gasteiger charge is 2.26. The summed E-state index contributed by atoms with van der Waals surface area (Å²) in [4.78, 5) is 28.5. The van der Waals surface area contributed by atoms with Crippen molar-refractivity contribution in [3.05, 3.63) is 40.9 Å². The predicted molar refractivity (Wildman–Crippen MR) is 78.0 cm³/mol. The molecule has 0 radical (unpaired) electrons. The van der Waals surface area contributed by atoms with Crippen molar-refractivity contribution in [2.45, 2.75) is 31.5 Å². The summed E-state index contributed by atoms with van der Waals surface area (Å²) in [5.41, 5.74) is 0.410. The van der Waals surface area contributed by atoms with Crippen molar-refractivity contribution in [2.24, 2.45) is 0 Å². The number of nitrogens with zero attached hydrogens (tertiary/aromatic N) is 2. The SMILES string of the molecule is O=C(C[C@H]1NCC[C@@H]1O)Cn1cnc2ccccc2c1=O. The molecule has 1 aromatic carbocycles. The van der Waals surface area contributed by atoms with Crippen LogP contribution in [0, 0.1) is 0 Å². The van der Waals surface area contributed by atoms with Gasteiger partial charge in [0.2, 0.25) is 0 Å². The first-order valence-electron chi connectivity index (χ1n) is 7.02. The van der Waals surface area contributed by atoms with Gasteiger partial charge in [-0.1, -0.05) is 12.1 Å². The molecule has 3 rings (SSSR count). The fourth-order valence-electron chi connectivity index (χ4n) is 2.68. The minimum absolute atomic E-state index is 0.0123. The van der Waals surface area contributed by atoms with E-state index in [1.807, 2.05) is 6.07 Å². The van der Waals surface area contributed by atoms with Crippen molar-refractivity contribution >= 4 is 16.7 Å². The number of nitrogens with one attached hydrogen (secondary N) is 1. The number of rotatable bonds is 4. The smallest absolute Gasteiger partial charge is 0.261 e. The molecular formula is C15H17N3O3. The van der Waals surface area contributed by atoms with Crippen LogP contribution < -0.4 is 10.9 Å². The normalized spacial score (nSPS) is 21.8. The number of benzene rings is 1. The Hall–Kier alpha value is -2.05. The van der Waals surface area contributed by atoms with Gasteiger partial charge in [0.25, 0.3) is 5.56 Å². The van der Waals surface area contributed by atoms with Crippen LogP contribution in [0.1, 0.15) is 12.8 Å². The zero-order chi connectivity index (χ0) is 14.8. The Morgan fingerprint density at radius 1 is 1.43 bits per heavy atom. The standard InChI is InChI=1S/C15H17N3O3/c19-10(7-13-14(20)5-6-16-13)8-18-9-17-12-4-2-1-3-11(12)15(18)21/h1-4,9,13-14,16,20H,5-8H2/t13-,14+/m1/s1. The van der Waals surface area contributed by atoms with Gasteiger partial charge in [-0.25, -0.2) is 4.98 Å². The average molecular weight is 287 g/mol. The highest BCUT2D eigenvalue weighted by molar-refractivity contribution is 5.80. The zero-order valence-electron chi connectivity index (χ0n) is 11.5. The van der Waals surface area contributed by atoms with Gasteiger partial charge < -0.3 is 10.4 Å². The largest absolute Gasteiger partial charge is 0.391 e. The summed E-state index contributed by atoms with van der Waals surface area (Å²) in [5.74, 6) is -0.0902. The molecule has 0 unspecified atom stereocenters. The number of carbonyl (C=O) groups excluding carboxylic acids is 1. The third-order valence-corrected chi connectivity index (χ3v) is 3.84. The number of carbonyl (C=O) groups is 1. The summed E-state index contributed by atoms with van der Waals surface area (Å²) in [5, 5.41) is 13.3. The molecule has 0 saturated carbocycles. The summed E-state index contributed by atoms with van der Waals surface area (Å²) in [6.07, 6.45) is 1.80. The molecule has 1 aliphatic heterocycles. The summed E-state index contributed by atoms with van der Waals surface area (Å²) in [7, 11) is 0. The summed E-state index contributed by atoms with van der Waals surface area (Å²) >= 11 is 0. The van der Waals surface area contributed by atoms with Crippen molar-refractivity contribution in [3.8, 4) is 0 Å². The molecule has 6 heteroatoms. The van der Waals surface area contributed by atoms with Crippen LogP contribution in [-0.2, 0) is 11.3 Å². The molecule has 1 fully saturated rings. The van der Waals surface area contributed by atoms with E-state index in [2.05, 4.69) is 10.3 Å². The monoisotopic (exact) mass is 287 g/mol. The van der Waals surface area contributed by atoms with Crippen molar-refractivity contribution in [1.82, 2.24) is 14.9 Å². The van der Waals surface area contributed by atoms with Gasteiger partial charge in [-0.3, -0.25) is 14.2 Å². The maximum Gasteiger partial charge on any atom is 0.261 e. The number of Topliss-reactive ketones (excluding diaryl/α,β-unsaturated/α-hetero) is 1. The maximum atomic E-state index is 12.3. The number of fused-ring (bicyclic) bond motifs is 1. The quantitative estimate of drug-likeness (QED) is 0.832. The fourth-order valence-corrected chi connectivity index (χ4v) is 2.68. The molecule has 21 heavy (non-hydrogen) atoms. The molecule has 1 aliphatic rings. The molecular weight excluding hydrogens is 270 g/mol.